The lowest BCUT2D eigenvalue weighted by molar-refractivity contribution is -0.116. The SMILES string of the molecule is Nc1nc(N2CCOCC2)nc2c1[C@H](c1ccc(Cl)cc1)C1=C(CCCC1=O)N2. The second kappa shape index (κ2) is 7.31. The van der Waals surface area contributed by atoms with Gasteiger partial charge in [0.2, 0.25) is 5.95 Å². The summed E-state index contributed by atoms with van der Waals surface area (Å²) in [4.78, 5) is 24.4. The molecule has 3 N–H and O–H groups in total. The van der Waals surface area contributed by atoms with E-state index < -0.39 is 0 Å². The molecule has 1 saturated heterocycles. The van der Waals surface area contributed by atoms with Crippen molar-refractivity contribution in [2.75, 3.05) is 42.3 Å². The van der Waals surface area contributed by atoms with Gasteiger partial charge in [0.25, 0.3) is 0 Å². The van der Waals surface area contributed by atoms with Gasteiger partial charge in [0, 0.05) is 47.3 Å². The molecule has 5 rings (SSSR count). The van der Waals surface area contributed by atoms with Crippen molar-refractivity contribution in [2.45, 2.75) is 25.2 Å². The normalized spacial score (nSPS) is 21.5. The highest BCUT2D eigenvalue weighted by Crippen LogP contribution is 2.47. The molecule has 7 nitrogen and oxygen atoms in total. The Morgan fingerprint density at radius 1 is 1.14 bits per heavy atom. The number of nitrogens with one attached hydrogen (secondary N) is 1. The monoisotopic (exact) mass is 411 g/mol. The van der Waals surface area contributed by atoms with Crippen LogP contribution >= 0.6 is 11.6 Å². The van der Waals surface area contributed by atoms with E-state index in [2.05, 4.69) is 15.2 Å². The largest absolute Gasteiger partial charge is 0.383 e. The molecule has 0 amide bonds. The number of ether oxygens (including phenoxy) is 1. The molecule has 1 fully saturated rings. The first-order valence-electron chi connectivity index (χ1n) is 9.90. The van der Waals surface area contributed by atoms with Crippen LogP contribution < -0.4 is 16.0 Å². The van der Waals surface area contributed by atoms with Gasteiger partial charge in [-0.1, -0.05) is 23.7 Å². The molecule has 1 atom stereocenters. The van der Waals surface area contributed by atoms with Crippen LogP contribution in [0.3, 0.4) is 0 Å². The minimum atomic E-state index is -0.287. The number of Topliss-reactive ketones (excluding diaryl/α,β-unsaturated/α-hetero) is 1. The Balaban J connectivity index is 1.65. The zero-order chi connectivity index (χ0) is 20.0. The maximum absolute atomic E-state index is 12.9. The summed E-state index contributed by atoms with van der Waals surface area (Å²) in [5.41, 5.74) is 9.92. The van der Waals surface area contributed by atoms with Gasteiger partial charge >= 0.3 is 0 Å². The fraction of sp³-hybridized carbons (Fsp3) is 0.381. The van der Waals surface area contributed by atoms with Crippen LogP contribution in [0.4, 0.5) is 17.6 Å². The molecule has 150 valence electrons. The number of hydrogen-bond acceptors (Lipinski definition) is 7. The fourth-order valence-electron chi connectivity index (χ4n) is 4.36. The summed E-state index contributed by atoms with van der Waals surface area (Å²) in [5.74, 6) is 1.55. The predicted molar refractivity (Wildman–Crippen MR) is 112 cm³/mol. The molecule has 3 heterocycles. The highest BCUT2D eigenvalue weighted by molar-refractivity contribution is 6.30. The summed E-state index contributed by atoms with van der Waals surface area (Å²) in [6.45, 7) is 2.74. The first-order valence-corrected chi connectivity index (χ1v) is 10.3. The van der Waals surface area contributed by atoms with Crippen molar-refractivity contribution in [3.63, 3.8) is 0 Å². The third-order valence-electron chi connectivity index (χ3n) is 5.76. The molecule has 2 aromatic rings. The molecule has 1 aliphatic carbocycles. The summed E-state index contributed by atoms with van der Waals surface area (Å²) in [5, 5.41) is 4.06. The van der Waals surface area contributed by atoms with Crippen molar-refractivity contribution in [1.82, 2.24) is 9.97 Å². The van der Waals surface area contributed by atoms with Crippen molar-refractivity contribution in [3.8, 4) is 0 Å². The molecule has 29 heavy (non-hydrogen) atoms. The standard InChI is InChI=1S/C21H22ClN5O2/c22-13-6-4-12(5-7-13)16-17-14(2-1-3-15(17)28)24-20-18(16)19(23)25-21(26-20)27-8-10-29-11-9-27/h4-7,16H,1-3,8-11H2,(H3,23,24,25,26)/t16-/m1/s1. The van der Waals surface area contributed by atoms with Crippen molar-refractivity contribution in [3.05, 3.63) is 51.7 Å². The average Bonchev–Trinajstić information content (AvgIpc) is 2.74. The number of nitrogens with zero attached hydrogens (tertiary/aromatic N) is 3. The maximum atomic E-state index is 12.9. The third kappa shape index (κ3) is 3.24. The van der Waals surface area contributed by atoms with Crippen LogP contribution in [0.2, 0.25) is 5.02 Å². The van der Waals surface area contributed by atoms with Gasteiger partial charge in [0.15, 0.2) is 5.78 Å². The highest BCUT2D eigenvalue weighted by Gasteiger charge is 2.38. The fourth-order valence-corrected chi connectivity index (χ4v) is 4.49. The lowest BCUT2D eigenvalue weighted by Crippen LogP contribution is -2.38. The topological polar surface area (TPSA) is 93.4 Å². The number of carbonyl (C=O) groups is 1. The Bertz CT molecular complexity index is 999. The predicted octanol–water partition coefficient (Wildman–Crippen LogP) is 3.11. The number of allylic oxidation sites excluding steroid dienone is 2. The van der Waals surface area contributed by atoms with E-state index in [4.69, 9.17) is 27.1 Å². The van der Waals surface area contributed by atoms with Crippen LogP contribution in [0.25, 0.3) is 0 Å². The Labute approximate surface area is 173 Å². The summed E-state index contributed by atoms with van der Waals surface area (Å²) in [6.07, 6.45) is 2.21. The first-order chi connectivity index (χ1) is 14.1. The summed E-state index contributed by atoms with van der Waals surface area (Å²) in [6, 6.07) is 7.57. The van der Waals surface area contributed by atoms with Gasteiger partial charge in [-0.2, -0.15) is 9.97 Å². The summed E-state index contributed by atoms with van der Waals surface area (Å²) in [7, 11) is 0. The summed E-state index contributed by atoms with van der Waals surface area (Å²) >= 11 is 6.10. The van der Waals surface area contributed by atoms with Crippen LogP contribution in [0.15, 0.2) is 35.5 Å². The maximum Gasteiger partial charge on any atom is 0.229 e. The van der Waals surface area contributed by atoms with E-state index in [0.29, 0.717) is 42.2 Å². The van der Waals surface area contributed by atoms with Gasteiger partial charge < -0.3 is 20.7 Å². The zero-order valence-corrected chi connectivity index (χ0v) is 16.7. The lowest BCUT2D eigenvalue weighted by atomic mass is 9.76. The number of ketones is 1. The number of anilines is 3. The van der Waals surface area contributed by atoms with Gasteiger partial charge in [0.1, 0.15) is 11.6 Å². The van der Waals surface area contributed by atoms with E-state index in [-0.39, 0.29) is 11.7 Å². The number of aromatic nitrogens is 2. The Morgan fingerprint density at radius 2 is 1.90 bits per heavy atom. The second-order valence-electron chi connectivity index (χ2n) is 7.55. The molecule has 0 radical (unpaired) electrons. The van der Waals surface area contributed by atoms with Crippen molar-refractivity contribution in [1.29, 1.82) is 0 Å². The van der Waals surface area contributed by atoms with Crippen molar-refractivity contribution < 1.29 is 9.53 Å². The molecule has 0 bridgehead atoms. The van der Waals surface area contributed by atoms with Crippen molar-refractivity contribution >= 4 is 35.0 Å². The Kier molecular flexibility index (Phi) is 4.64. The van der Waals surface area contributed by atoms with E-state index in [1.54, 1.807) is 0 Å². The van der Waals surface area contributed by atoms with Crippen LogP contribution in [0, 0.1) is 0 Å². The number of fused-ring (bicyclic) bond motifs is 1. The van der Waals surface area contributed by atoms with E-state index in [1.807, 2.05) is 24.3 Å². The van der Waals surface area contributed by atoms with E-state index in [9.17, 15) is 4.79 Å². The van der Waals surface area contributed by atoms with Crippen LogP contribution in [0.5, 0.6) is 0 Å². The number of benzene rings is 1. The Hall–Kier alpha value is -2.64. The zero-order valence-electron chi connectivity index (χ0n) is 15.9. The molecule has 1 aromatic heterocycles. The second-order valence-corrected chi connectivity index (χ2v) is 7.99. The van der Waals surface area contributed by atoms with E-state index >= 15 is 0 Å². The number of nitrogen functional groups attached to an aromatic ring is 1. The quantitative estimate of drug-likeness (QED) is 0.784. The van der Waals surface area contributed by atoms with Gasteiger partial charge in [-0.3, -0.25) is 4.79 Å². The molecular weight excluding hydrogens is 390 g/mol. The van der Waals surface area contributed by atoms with Crippen LogP contribution in [-0.2, 0) is 9.53 Å². The average molecular weight is 412 g/mol. The Morgan fingerprint density at radius 3 is 2.66 bits per heavy atom. The molecule has 0 saturated carbocycles. The number of carbonyl (C=O) groups excluding carboxylic acids is 1. The van der Waals surface area contributed by atoms with Gasteiger partial charge in [-0.15, -0.1) is 0 Å². The first kappa shape index (κ1) is 18.4. The van der Waals surface area contributed by atoms with E-state index in [1.165, 1.54) is 0 Å². The number of morpholine rings is 1. The molecule has 0 spiro atoms. The number of halogens is 1. The number of rotatable bonds is 2. The minimum Gasteiger partial charge on any atom is -0.383 e. The highest BCUT2D eigenvalue weighted by atomic mass is 35.5. The number of nitrogens with two attached hydrogens (primary N) is 1. The molecule has 3 aliphatic rings. The molecule has 2 aliphatic heterocycles. The van der Waals surface area contributed by atoms with Crippen molar-refractivity contribution in [2.24, 2.45) is 0 Å². The molecule has 1 aromatic carbocycles. The minimum absolute atomic E-state index is 0.154. The summed E-state index contributed by atoms with van der Waals surface area (Å²) < 4.78 is 5.43. The van der Waals surface area contributed by atoms with Gasteiger partial charge in [-0.05, 0) is 30.5 Å². The van der Waals surface area contributed by atoms with Crippen LogP contribution in [0.1, 0.15) is 36.3 Å². The van der Waals surface area contributed by atoms with E-state index in [0.717, 1.165) is 48.3 Å². The molecular formula is C21H22ClN5O2. The third-order valence-corrected chi connectivity index (χ3v) is 6.02. The number of hydrogen-bond donors (Lipinski definition) is 2. The smallest absolute Gasteiger partial charge is 0.229 e. The lowest BCUT2D eigenvalue weighted by Gasteiger charge is -2.35. The van der Waals surface area contributed by atoms with Crippen LogP contribution in [-0.4, -0.2) is 42.1 Å². The molecule has 8 heteroatoms. The molecule has 0 unspecified atom stereocenters. The van der Waals surface area contributed by atoms with Gasteiger partial charge in [-0.25, -0.2) is 0 Å². The van der Waals surface area contributed by atoms with Gasteiger partial charge in [0.05, 0.1) is 13.2 Å².